The fourth-order valence-corrected chi connectivity index (χ4v) is 2.83. The highest BCUT2D eigenvalue weighted by Gasteiger charge is 2.24. The van der Waals surface area contributed by atoms with Gasteiger partial charge in [0.25, 0.3) is 0 Å². The Morgan fingerprint density at radius 3 is 2.41 bits per heavy atom. The van der Waals surface area contributed by atoms with E-state index in [0.717, 1.165) is 11.1 Å². The molecule has 3 aromatic carbocycles. The molecule has 1 aliphatic rings. The minimum atomic E-state index is -0.134. The van der Waals surface area contributed by atoms with Crippen molar-refractivity contribution in [2.75, 3.05) is 13.2 Å². The number of allylic oxidation sites excluding steroid dienone is 1. The van der Waals surface area contributed by atoms with Gasteiger partial charge in [0.05, 0.1) is 12.2 Å². The monoisotopic (exact) mass is 386 g/mol. The second kappa shape index (κ2) is 9.22. The van der Waals surface area contributed by atoms with Gasteiger partial charge in [-0.25, -0.2) is 0 Å². The van der Waals surface area contributed by atoms with Gasteiger partial charge in [0.2, 0.25) is 0 Å². The summed E-state index contributed by atoms with van der Waals surface area (Å²) in [5.41, 5.74) is 2.50. The number of ether oxygens (including phenoxy) is 3. The number of hydrogen-bond acceptors (Lipinski definition) is 4. The summed E-state index contributed by atoms with van der Waals surface area (Å²) in [6, 6.07) is 25.0. The van der Waals surface area contributed by atoms with E-state index in [1.807, 2.05) is 66.7 Å². The molecule has 4 rings (SSSR count). The normalized spacial score (nSPS) is 15.2. The second-order valence-electron chi connectivity index (χ2n) is 6.81. The molecule has 0 bridgehead atoms. The van der Waals surface area contributed by atoms with Crippen LogP contribution in [0.1, 0.15) is 21.5 Å². The van der Waals surface area contributed by atoms with E-state index in [2.05, 4.69) is 0 Å². The Hall–Kier alpha value is -3.37. The summed E-state index contributed by atoms with van der Waals surface area (Å²) in [6.07, 6.45) is 3.48. The maximum Gasteiger partial charge on any atom is 0.189 e. The number of epoxide rings is 1. The Balaban J connectivity index is 1.52. The number of carbonyl (C=O) groups excluding carboxylic acids is 1. The fraction of sp³-hybridized carbons (Fsp3) is 0.160. The van der Waals surface area contributed by atoms with E-state index in [-0.39, 0.29) is 11.9 Å². The zero-order valence-corrected chi connectivity index (χ0v) is 16.0. The predicted molar refractivity (Wildman–Crippen MR) is 112 cm³/mol. The van der Waals surface area contributed by atoms with Gasteiger partial charge in [0.1, 0.15) is 30.8 Å². The van der Waals surface area contributed by atoms with E-state index in [9.17, 15) is 4.79 Å². The number of carbonyl (C=O) groups is 1. The minimum absolute atomic E-state index is 0.117. The highest BCUT2D eigenvalue weighted by atomic mass is 16.6. The summed E-state index contributed by atoms with van der Waals surface area (Å²) >= 11 is 0. The van der Waals surface area contributed by atoms with Gasteiger partial charge in [-0.05, 0) is 35.4 Å². The maximum atomic E-state index is 12.9. The predicted octanol–water partition coefficient (Wildman–Crippen LogP) is 4.94. The summed E-state index contributed by atoms with van der Waals surface area (Å²) in [4.78, 5) is 12.9. The van der Waals surface area contributed by atoms with Gasteiger partial charge in [-0.3, -0.25) is 4.79 Å². The molecule has 4 nitrogen and oxygen atoms in total. The molecule has 1 aliphatic heterocycles. The van der Waals surface area contributed by atoms with Crippen molar-refractivity contribution >= 4 is 11.9 Å². The van der Waals surface area contributed by atoms with Crippen LogP contribution in [0.2, 0.25) is 0 Å². The smallest absolute Gasteiger partial charge is 0.189 e. The van der Waals surface area contributed by atoms with E-state index < -0.39 is 0 Å². The molecule has 1 fully saturated rings. The van der Waals surface area contributed by atoms with Crippen molar-refractivity contribution in [2.45, 2.75) is 12.7 Å². The first-order valence-electron chi connectivity index (χ1n) is 9.60. The lowest BCUT2D eigenvalue weighted by Gasteiger charge is -2.12. The molecular weight excluding hydrogens is 364 g/mol. The van der Waals surface area contributed by atoms with E-state index in [0.29, 0.717) is 36.9 Å². The fourth-order valence-electron chi connectivity index (χ4n) is 2.83. The SMILES string of the molecule is O=C(C=Cc1ccccc1)c1cc(OCc2ccccc2)ccc1OCC1CO1. The number of rotatable bonds is 9. The number of ketones is 1. The standard InChI is InChI=1S/C25H22O4/c26-24(13-11-19-7-3-1-4-8-19)23-15-21(27-16-20-9-5-2-6-10-20)12-14-25(23)29-18-22-17-28-22/h1-15,22H,16-18H2. The Morgan fingerprint density at radius 1 is 0.966 bits per heavy atom. The maximum absolute atomic E-state index is 12.9. The lowest BCUT2D eigenvalue weighted by atomic mass is 10.1. The second-order valence-corrected chi connectivity index (χ2v) is 6.81. The molecular formula is C25H22O4. The quantitative estimate of drug-likeness (QED) is 0.297. The van der Waals surface area contributed by atoms with Crippen molar-refractivity contribution in [1.82, 2.24) is 0 Å². The molecule has 1 saturated heterocycles. The molecule has 0 spiro atoms. The summed E-state index contributed by atoms with van der Waals surface area (Å²) < 4.78 is 16.9. The lowest BCUT2D eigenvalue weighted by molar-refractivity contribution is 0.104. The molecule has 3 aromatic rings. The minimum Gasteiger partial charge on any atom is -0.490 e. The summed E-state index contributed by atoms with van der Waals surface area (Å²) in [7, 11) is 0. The van der Waals surface area contributed by atoms with E-state index >= 15 is 0 Å². The molecule has 29 heavy (non-hydrogen) atoms. The van der Waals surface area contributed by atoms with Crippen LogP contribution in [0.25, 0.3) is 6.08 Å². The van der Waals surface area contributed by atoms with Gasteiger partial charge < -0.3 is 14.2 Å². The van der Waals surface area contributed by atoms with Crippen molar-refractivity contribution < 1.29 is 19.0 Å². The third kappa shape index (κ3) is 5.56. The van der Waals surface area contributed by atoms with Crippen LogP contribution in [-0.2, 0) is 11.3 Å². The van der Waals surface area contributed by atoms with E-state index in [1.165, 1.54) is 0 Å². The third-order valence-electron chi connectivity index (χ3n) is 4.52. The molecule has 0 aromatic heterocycles. The van der Waals surface area contributed by atoms with E-state index in [4.69, 9.17) is 14.2 Å². The summed E-state index contributed by atoms with van der Waals surface area (Å²) in [5.74, 6) is 1.03. The van der Waals surface area contributed by atoms with Crippen LogP contribution in [0.4, 0.5) is 0 Å². The molecule has 0 N–H and O–H groups in total. The zero-order valence-electron chi connectivity index (χ0n) is 16.0. The first-order chi connectivity index (χ1) is 14.3. The van der Waals surface area contributed by atoms with Crippen molar-refractivity contribution in [3.63, 3.8) is 0 Å². The Labute approximate surface area is 170 Å². The summed E-state index contributed by atoms with van der Waals surface area (Å²) in [6.45, 7) is 1.58. The Morgan fingerprint density at radius 2 is 1.69 bits per heavy atom. The average Bonchev–Trinajstić information content (AvgIpc) is 3.61. The molecule has 146 valence electrons. The Kier molecular flexibility index (Phi) is 6.03. The van der Waals surface area contributed by atoms with Crippen LogP contribution < -0.4 is 9.47 Å². The molecule has 0 aliphatic carbocycles. The van der Waals surface area contributed by atoms with Gasteiger partial charge in [-0.15, -0.1) is 0 Å². The average molecular weight is 386 g/mol. The first-order valence-corrected chi connectivity index (χ1v) is 9.60. The number of hydrogen-bond donors (Lipinski definition) is 0. The first kappa shape index (κ1) is 19.0. The molecule has 1 unspecified atom stereocenters. The lowest BCUT2D eigenvalue weighted by Crippen LogP contribution is -2.08. The van der Waals surface area contributed by atoms with Gasteiger partial charge in [-0.2, -0.15) is 0 Å². The highest BCUT2D eigenvalue weighted by molar-refractivity contribution is 6.08. The van der Waals surface area contributed by atoms with Crippen LogP contribution >= 0.6 is 0 Å². The number of benzene rings is 3. The van der Waals surface area contributed by atoms with Crippen molar-refractivity contribution in [1.29, 1.82) is 0 Å². The zero-order chi connectivity index (χ0) is 19.9. The summed E-state index contributed by atoms with van der Waals surface area (Å²) in [5, 5.41) is 0. The third-order valence-corrected chi connectivity index (χ3v) is 4.52. The van der Waals surface area contributed by atoms with Crippen molar-refractivity contribution in [2.24, 2.45) is 0 Å². The molecule has 0 radical (unpaired) electrons. The van der Waals surface area contributed by atoms with Crippen LogP contribution in [-0.4, -0.2) is 25.1 Å². The van der Waals surface area contributed by atoms with Gasteiger partial charge >= 0.3 is 0 Å². The van der Waals surface area contributed by atoms with Crippen LogP contribution in [0.3, 0.4) is 0 Å². The Bertz CT molecular complexity index is 976. The van der Waals surface area contributed by atoms with Crippen molar-refractivity contribution in [3.05, 3.63) is 102 Å². The van der Waals surface area contributed by atoms with Gasteiger partial charge in [-0.1, -0.05) is 66.7 Å². The van der Waals surface area contributed by atoms with Crippen LogP contribution in [0.5, 0.6) is 11.5 Å². The van der Waals surface area contributed by atoms with Gasteiger partial charge in [0.15, 0.2) is 5.78 Å². The van der Waals surface area contributed by atoms with E-state index in [1.54, 1.807) is 24.3 Å². The molecule has 1 atom stereocenters. The van der Waals surface area contributed by atoms with Crippen molar-refractivity contribution in [3.8, 4) is 11.5 Å². The molecule has 4 heteroatoms. The molecule has 1 heterocycles. The molecule has 0 amide bonds. The highest BCUT2D eigenvalue weighted by Crippen LogP contribution is 2.27. The molecule has 0 saturated carbocycles. The van der Waals surface area contributed by atoms with Gasteiger partial charge in [0, 0.05) is 0 Å². The largest absolute Gasteiger partial charge is 0.490 e. The van der Waals surface area contributed by atoms with Crippen LogP contribution in [0, 0.1) is 0 Å². The van der Waals surface area contributed by atoms with Crippen LogP contribution in [0.15, 0.2) is 84.9 Å². The topological polar surface area (TPSA) is 48.1 Å².